The number of rotatable bonds is 3. The SMILES string of the molecule is CC(C)(C)NC(=O)c1ccc(-n2ccc3cc(C=O)cnc32)cn1.CN1CCC(F)(F)CC1. The molecule has 3 aromatic heterocycles. The number of likely N-dealkylation sites (tertiary alicyclic amines) is 1. The molecule has 0 aromatic carbocycles. The Morgan fingerprint density at radius 1 is 1.12 bits per heavy atom. The lowest BCUT2D eigenvalue weighted by Crippen LogP contribution is -2.40. The van der Waals surface area contributed by atoms with E-state index in [2.05, 4.69) is 15.3 Å². The van der Waals surface area contributed by atoms with Crippen LogP contribution in [0.1, 0.15) is 54.5 Å². The highest BCUT2D eigenvalue weighted by atomic mass is 19.3. The second-order valence-electron chi connectivity index (χ2n) is 9.25. The highest BCUT2D eigenvalue weighted by molar-refractivity contribution is 5.93. The van der Waals surface area contributed by atoms with Crippen LogP contribution in [0.2, 0.25) is 0 Å². The quantitative estimate of drug-likeness (QED) is 0.599. The Balaban J connectivity index is 0.000000286. The van der Waals surface area contributed by atoms with Crippen LogP contribution in [0.5, 0.6) is 0 Å². The third-order valence-electron chi connectivity index (χ3n) is 5.15. The fraction of sp³-hybridized carbons (Fsp3) is 0.417. The molecular formula is C24H29F2N5O2. The maximum atomic E-state index is 12.4. The maximum absolute atomic E-state index is 12.4. The second kappa shape index (κ2) is 9.74. The molecule has 1 aliphatic heterocycles. The van der Waals surface area contributed by atoms with Crippen molar-refractivity contribution < 1.29 is 18.4 Å². The Labute approximate surface area is 191 Å². The van der Waals surface area contributed by atoms with E-state index in [0.717, 1.165) is 23.0 Å². The molecule has 1 N–H and O–H groups in total. The minimum absolute atomic E-state index is 0.0312. The van der Waals surface area contributed by atoms with Gasteiger partial charge in [0.2, 0.25) is 0 Å². The predicted octanol–water partition coefficient (Wildman–Crippen LogP) is 4.11. The van der Waals surface area contributed by atoms with Gasteiger partial charge in [-0.15, -0.1) is 0 Å². The van der Waals surface area contributed by atoms with Crippen LogP contribution in [0.3, 0.4) is 0 Å². The third-order valence-corrected chi connectivity index (χ3v) is 5.15. The Hall–Kier alpha value is -3.20. The Morgan fingerprint density at radius 2 is 1.82 bits per heavy atom. The lowest BCUT2D eigenvalue weighted by Gasteiger charge is -2.28. The summed E-state index contributed by atoms with van der Waals surface area (Å²) in [6, 6.07) is 7.17. The minimum Gasteiger partial charge on any atom is -0.346 e. The van der Waals surface area contributed by atoms with Gasteiger partial charge in [-0.05, 0) is 52.1 Å². The summed E-state index contributed by atoms with van der Waals surface area (Å²) in [7, 11) is 1.87. The van der Waals surface area contributed by atoms with Crippen LogP contribution in [0.25, 0.3) is 16.7 Å². The van der Waals surface area contributed by atoms with E-state index in [1.165, 1.54) is 6.20 Å². The molecule has 1 amide bonds. The molecule has 33 heavy (non-hydrogen) atoms. The molecule has 0 bridgehead atoms. The fourth-order valence-electron chi connectivity index (χ4n) is 3.33. The average molecular weight is 458 g/mol. The maximum Gasteiger partial charge on any atom is 0.270 e. The molecule has 3 aromatic rings. The number of halogens is 2. The van der Waals surface area contributed by atoms with Gasteiger partial charge in [0.05, 0.1) is 11.9 Å². The summed E-state index contributed by atoms with van der Waals surface area (Å²) in [4.78, 5) is 33.4. The van der Waals surface area contributed by atoms with Gasteiger partial charge in [-0.25, -0.2) is 18.7 Å². The van der Waals surface area contributed by atoms with Crippen molar-refractivity contribution in [2.75, 3.05) is 20.1 Å². The van der Waals surface area contributed by atoms with Crippen molar-refractivity contribution in [2.24, 2.45) is 0 Å². The standard InChI is InChI=1S/C18H18N4O2.C6H11F2N/c1-18(2,3)21-17(24)15-5-4-14(10-19-15)22-7-6-13-8-12(11-23)9-20-16(13)22;1-9-4-2-6(7,8)3-5-9/h4-11H,1-3H3,(H,21,24);2-5H2,1H3. The van der Waals surface area contributed by atoms with E-state index in [0.29, 0.717) is 24.3 Å². The largest absolute Gasteiger partial charge is 0.346 e. The van der Waals surface area contributed by atoms with Crippen LogP contribution < -0.4 is 5.32 Å². The van der Waals surface area contributed by atoms with E-state index >= 15 is 0 Å². The van der Waals surface area contributed by atoms with Crippen molar-refractivity contribution >= 4 is 23.2 Å². The normalized spacial score (nSPS) is 16.1. The van der Waals surface area contributed by atoms with Gasteiger partial charge < -0.3 is 10.2 Å². The van der Waals surface area contributed by atoms with Crippen LogP contribution in [0.15, 0.2) is 42.9 Å². The molecule has 7 nitrogen and oxygen atoms in total. The van der Waals surface area contributed by atoms with E-state index in [9.17, 15) is 18.4 Å². The fourth-order valence-corrected chi connectivity index (χ4v) is 3.33. The summed E-state index contributed by atoms with van der Waals surface area (Å²) in [5, 5.41) is 3.75. The number of carbonyl (C=O) groups is 2. The molecule has 0 radical (unpaired) electrons. The molecule has 0 aliphatic carbocycles. The molecule has 4 heterocycles. The zero-order valence-electron chi connectivity index (χ0n) is 19.3. The first-order valence-corrected chi connectivity index (χ1v) is 10.7. The predicted molar refractivity (Wildman–Crippen MR) is 123 cm³/mol. The van der Waals surface area contributed by atoms with E-state index < -0.39 is 5.92 Å². The summed E-state index contributed by atoms with van der Waals surface area (Å²) >= 11 is 0. The van der Waals surface area contributed by atoms with Crippen LogP contribution in [-0.2, 0) is 0 Å². The van der Waals surface area contributed by atoms with Gasteiger partial charge in [0, 0.05) is 54.8 Å². The lowest BCUT2D eigenvalue weighted by atomic mass is 10.1. The summed E-state index contributed by atoms with van der Waals surface area (Å²) in [6.45, 7) is 6.83. The van der Waals surface area contributed by atoms with Gasteiger partial charge in [-0.1, -0.05) is 0 Å². The molecule has 1 saturated heterocycles. The van der Waals surface area contributed by atoms with Crippen molar-refractivity contribution in [3.63, 3.8) is 0 Å². The lowest BCUT2D eigenvalue weighted by molar-refractivity contribution is -0.0504. The Bertz CT molecular complexity index is 1110. The number of pyridine rings is 2. The van der Waals surface area contributed by atoms with Gasteiger partial charge in [0.25, 0.3) is 11.8 Å². The summed E-state index contributed by atoms with van der Waals surface area (Å²) in [5.74, 6) is -2.59. The number of nitrogens with one attached hydrogen (secondary N) is 1. The molecule has 9 heteroatoms. The van der Waals surface area contributed by atoms with E-state index in [1.54, 1.807) is 18.3 Å². The Kier molecular flexibility index (Phi) is 7.22. The summed E-state index contributed by atoms with van der Waals surface area (Å²) < 4.78 is 26.6. The van der Waals surface area contributed by atoms with Crippen LogP contribution >= 0.6 is 0 Å². The minimum atomic E-state index is -2.38. The average Bonchev–Trinajstić information content (AvgIpc) is 3.18. The zero-order valence-corrected chi connectivity index (χ0v) is 19.3. The number of aromatic nitrogens is 3. The molecule has 1 fully saturated rings. The van der Waals surface area contributed by atoms with E-state index in [1.807, 2.05) is 55.6 Å². The highest BCUT2D eigenvalue weighted by Gasteiger charge is 2.32. The Morgan fingerprint density at radius 3 is 2.36 bits per heavy atom. The molecule has 4 rings (SSSR count). The van der Waals surface area contributed by atoms with Crippen molar-refractivity contribution in [1.82, 2.24) is 24.8 Å². The highest BCUT2D eigenvalue weighted by Crippen LogP contribution is 2.26. The molecule has 0 atom stereocenters. The number of aldehydes is 1. The van der Waals surface area contributed by atoms with Crippen LogP contribution in [-0.4, -0.2) is 63.2 Å². The number of hydrogen-bond acceptors (Lipinski definition) is 5. The summed E-state index contributed by atoms with van der Waals surface area (Å²) in [5.41, 5.74) is 2.11. The topological polar surface area (TPSA) is 80.1 Å². The number of hydrogen-bond donors (Lipinski definition) is 1. The second-order valence-corrected chi connectivity index (χ2v) is 9.25. The molecule has 0 spiro atoms. The number of alkyl halides is 2. The number of nitrogens with zero attached hydrogens (tertiary/aromatic N) is 4. The molecule has 0 unspecified atom stereocenters. The first-order chi connectivity index (χ1) is 15.5. The van der Waals surface area contributed by atoms with Gasteiger partial charge in [-0.3, -0.25) is 14.2 Å². The number of carbonyl (C=O) groups excluding carboxylic acids is 2. The van der Waals surface area contributed by atoms with E-state index in [-0.39, 0.29) is 24.3 Å². The first kappa shape index (κ1) is 24.4. The number of piperidine rings is 1. The van der Waals surface area contributed by atoms with Crippen LogP contribution in [0.4, 0.5) is 8.78 Å². The zero-order chi connectivity index (χ0) is 24.2. The first-order valence-electron chi connectivity index (χ1n) is 10.7. The monoisotopic (exact) mass is 457 g/mol. The molecule has 176 valence electrons. The number of fused-ring (bicyclic) bond motifs is 1. The van der Waals surface area contributed by atoms with Gasteiger partial charge in [-0.2, -0.15) is 0 Å². The van der Waals surface area contributed by atoms with Crippen LogP contribution in [0, 0.1) is 0 Å². The third kappa shape index (κ3) is 6.64. The summed E-state index contributed by atoms with van der Waals surface area (Å²) in [6.07, 6.45) is 5.86. The molecular weight excluding hydrogens is 428 g/mol. The molecule has 0 saturated carbocycles. The smallest absolute Gasteiger partial charge is 0.270 e. The van der Waals surface area contributed by atoms with Gasteiger partial charge in [0.15, 0.2) is 6.29 Å². The van der Waals surface area contributed by atoms with Crippen molar-refractivity contribution in [2.45, 2.75) is 45.1 Å². The number of amides is 1. The van der Waals surface area contributed by atoms with Crippen molar-refractivity contribution in [3.8, 4) is 5.69 Å². The van der Waals surface area contributed by atoms with Gasteiger partial charge >= 0.3 is 0 Å². The molecule has 1 aliphatic rings. The van der Waals surface area contributed by atoms with Gasteiger partial charge in [0.1, 0.15) is 11.3 Å². The van der Waals surface area contributed by atoms with Crippen molar-refractivity contribution in [3.05, 3.63) is 54.1 Å². The van der Waals surface area contributed by atoms with E-state index in [4.69, 9.17) is 0 Å². The van der Waals surface area contributed by atoms with Crippen molar-refractivity contribution in [1.29, 1.82) is 0 Å².